The maximum atomic E-state index is 5.38. The molecule has 0 aliphatic heterocycles. The van der Waals surface area contributed by atoms with Crippen LogP contribution >= 0.6 is 11.3 Å². The SMILES string of the molecule is Cc1cnc(-c2csc(C)c2)o1. The lowest BCUT2D eigenvalue weighted by Crippen LogP contribution is -1.69. The molecule has 0 saturated heterocycles. The maximum Gasteiger partial charge on any atom is 0.227 e. The average molecular weight is 179 g/mol. The Balaban J connectivity index is 2.43. The lowest BCUT2D eigenvalue weighted by Gasteiger charge is -1.85. The van der Waals surface area contributed by atoms with Gasteiger partial charge in [-0.05, 0) is 19.9 Å². The van der Waals surface area contributed by atoms with Crippen LogP contribution in [-0.4, -0.2) is 4.98 Å². The highest BCUT2D eigenvalue weighted by Crippen LogP contribution is 2.24. The summed E-state index contributed by atoms with van der Waals surface area (Å²) < 4.78 is 5.38. The van der Waals surface area contributed by atoms with E-state index in [4.69, 9.17) is 4.42 Å². The first-order valence-electron chi connectivity index (χ1n) is 3.73. The van der Waals surface area contributed by atoms with Crippen molar-refractivity contribution in [3.63, 3.8) is 0 Å². The molecule has 62 valence electrons. The van der Waals surface area contributed by atoms with Crippen LogP contribution in [0, 0.1) is 13.8 Å². The molecule has 12 heavy (non-hydrogen) atoms. The molecule has 0 bridgehead atoms. The molecule has 0 N–H and O–H groups in total. The molecule has 0 radical (unpaired) electrons. The fourth-order valence-electron chi connectivity index (χ4n) is 1.04. The Labute approximate surface area is 74.9 Å². The van der Waals surface area contributed by atoms with Gasteiger partial charge >= 0.3 is 0 Å². The second-order valence-corrected chi connectivity index (χ2v) is 3.84. The Hall–Kier alpha value is -1.09. The van der Waals surface area contributed by atoms with Crippen LogP contribution in [0.2, 0.25) is 0 Å². The lowest BCUT2D eigenvalue weighted by atomic mass is 10.3. The molecule has 2 nitrogen and oxygen atoms in total. The third-order valence-electron chi connectivity index (χ3n) is 1.60. The Morgan fingerprint density at radius 2 is 2.25 bits per heavy atom. The molecular weight excluding hydrogens is 170 g/mol. The van der Waals surface area contributed by atoms with Gasteiger partial charge < -0.3 is 4.42 Å². The van der Waals surface area contributed by atoms with E-state index in [-0.39, 0.29) is 0 Å². The molecule has 0 saturated carbocycles. The van der Waals surface area contributed by atoms with Gasteiger partial charge in [-0.2, -0.15) is 0 Å². The first-order valence-corrected chi connectivity index (χ1v) is 4.61. The van der Waals surface area contributed by atoms with Crippen molar-refractivity contribution in [3.05, 3.63) is 28.3 Å². The molecule has 0 aliphatic rings. The van der Waals surface area contributed by atoms with E-state index in [2.05, 4.69) is 23.4 Å². The van der Waals surface area contributed by atoms with Crippen molar-refractivity contribution in [2.24, 2.45) is 0 Å². The summed E-state index contributed by atoms with van der Waals surface area (Å²) in [4.78, 5) is 5.42. The number of hydrogen-bond donors (Lipinski definition) is 0. The van der Waals surface area contributed by atoms with Gasteiger partial charge in [0.15, 0.2) is 0 Å². The highest BCUT2D eigenvalue weighted by molar-refractivity contribution is 7.10. The molecule has 0 atom stereocenters. The minimum atomic E-state index is 0.719. The van der Waals surface area contributed by atoms with Gasteiger partial charge in [0.05, 0.1) is 6.20 Å². The topological polar surface area (TPSA) is 26.0 Å². The molecule has 0 aliphatic carbocycles. The molecule has 0 spiro atoms. The van der Waals surface area contributed by atoms with Crippen LogP contribution in [0.3, 0.4) is 0 Å². The van der Waals surface area contributed by atoms with Crippen molar-refractivity contribution < 1.29 is 4.42 Å². The zero-order valence-corrected chi connectivity index (χ0v) is 7.81. The molecule has 0 fully saturated rings. The molecule has 2 aromatic rings. The van der Waals surface area contributed by atoms with E-state index in [1.165, 1.54) is 4.88 Å². The predicted molar refractivity (Wildman–Crippen MR) is 49.3 cm³/mol. The van der Waals surface area contributed by atoms with Crippen LogP contribution < -0.4 is 0 Å². The van der Waals surface area contributed by atoms with Crippen molar-refractivity contribution in [1.82, 2.24) is 4.98 Å². The van der Waals surface area contributed by atoms with E-state index in [1.807, 2.05) is 6.92 Å². The third kappa shape index (κ3) is 1.28. The number of hydrogen-bond acceptors (Lipinski definition) is 3. The van der Waals surface area contributed by atoms with Crippen LogP contribution in [0.5, 0.6) is 0 Å². The number of thiophene rings is 1. The number of aryl methyl sites for hydroxylation is 2. The number of rotatable bonds is 1. The summed E-state index contributed by atoms with van der Waals surface area (Å²) in [6.45, 7) is 3.97. The molecule has 0 aromatic carbocycles. The van der Waals surface area contributed by atoms with Gasteiger partial charge in [0, 0.05) is 15.8 Å². The van der Waals surface area contributed by atoms with Gasteiger partial charge in [-0.25, -0.2) is 4.98 Å². The first kappa shape index (κ1) is 7.55. The fraction of sp³-hybridized carbons (Fsp3) is 0.222. The largest absolute Gasteiger partial charge is 0.441 e. The van der Waals surface area contributed by atoms with E-state index < -0.39 is 0 Å². The summed E-state index contributed by atoms with van der Waals surface area (Å²) in [6.07, 6.45) is 1.74. The molecule has 0 amide bonds. The van der Waals surface area contributed by atoms with Gasteiger partial charge in [0.2, 0.25) is 5.89 Å². The van der Waals surface area contributed by atoms with Gasteiger partial charge in [-0.1, -0.05) is 0 Å². The monoisotopic (exact) mass is 179 g/mol. The fourth-order valence-corrected chi connectivity index (χ4v) is 1.72. The van der Waals surface area contributed by atoms with Crippen LogP contribution in [-0.2, 0) is 0 Å². The van der Waals surface area contributed by atoms with Crippen LogP contribution in [0.4, 0.5) is 0 Å². The van der Waals surface area contributed by atoms with Crippen LogP contribution in [0.25, 0.3) is 11.5 Å². The number of oxazole rings is 1. The second kappa shape index (κ2) is 2.75. The number of nitrogens with zero attached hydrogens (tertiary/aromatic N) is 1. The molecule has 0 unspecified atom stereocenters. The van der Waals surface area contributed by atoms with Gasteiger partial charge in [-0.3, -0.25) is 0 Å². The first-order chi connectivity index (χ1) is 5.75. The Morgan fingerprint density at radius 1 is 1.42 bits per heavy atom. The Bertz CT molecular complexity index is 350. The molecular formula is C9H9NOS. The van der Waals surface area contributed by atoms with Crippen molar-refractivity contribution >= 4 is 11.3 Å². The highest BCUT2D eigenvalue weighted by Gasteiger charge is 2.04. The summed E-state index contributed by atoms with van der Waals surface area (Å²) in [6, 6.07) is 2.08. The van der Waals surface area contributed by atoms with Gasteiger partial charge in [0.1, 0.15) is 5.76 Å². The summed E-state index contributed by atoms with van der Waals surface area (Å²) in [7, 11) is 0. The Morgan fingerprint density at radius 3 is 2.75 bits per heavy atom. The minimum absolute atomic E-state index is 0.719. The van der Waals surface area contributed by atoms with Crippen molar-refractivity contribution in [3.8, 4) is 11.5 Å². The van der Waals surface area contributed by atoms with Crippen molar-refractivity contribution in [2.45, 2.75) is 13.8 Å². The highest BCUT2D eigenvalue weighted by atomic mass is 32.1. The zero-order valence-electron chi connectivity index (χ0n) is 7.00. The van der Waals surface area contributed by atoms with Gasteiger partial charge in [-0.15, -0.1) is 11.3 Å². The normalized spacial score (nSPS) is 10.5. The summed E-state index contributed by atoms with van der Waals surface area (Å²) >= 11 is 1.71. The van der Waals surface area contributed by atoms with E-state index in [1.54, 1.807) is 17.5 Å². The lowest BCUT2D eigenvalue weighted by molar-refractivity contribution is 0.543. The standard InChI is InChI=1S/C9H9NOS/c1-6-4-10-9(11-6)8-3-7(2)12-5-8/h3-5H,1-2H3. The third-order valence-corrected chi connectivity index (χ3v) is 2.46. The van der Waals surface area contributed by atoms with E-state index in [0.717, 1.165) is 17.2 Å². The summed E-state index contributed by atoms with van der Waals surface area (Å²) in [5.74, 6) is 1.57. The zero-order chi connectivity index (χ0) is 8.55. The summed E-state index contributed by atoms with van der Waals surface area (Å²) in [5.41, 5.74) is 1.07. The van der Waals surface area contributed by atoms with E-state index in [9.17, 15) is 0 Å². The van der Waals surface area contributed by atoms with Gasteiger partial charge in [0.25, 0.3) is 0 Å². The van der Waals surface area contributed by atoms with Crippen molar-refractivity contribution in [2.75, 3.05) is 0 Å². The van der Waals surface area contributed by atoms with E-state index in [0.29, 0.717) is 0 Å². The quantitative estimate of drug-likeness (QED) is 0.672. The number of aromatic nitrogens is 1. The predicted octanol–water partition coefficient (Wildman–Crippen LogP) is 3.02. The average Bonchev–Trinajstić information content (AvgIpc) is 2.58. The Kier molecular flexibility index (Phi) is 1.73. The summed E-state index contributed by atoms with van der Waals surface area (Å²) in [5, 5.41) is 2.06. The van der Waals surface area contributed by atoms with Crippen LogP contribution in [0.15, 0.2) is 22.1 Å². The molecule has 3 heteroatoms. The van der Waals surface area contributed by atoms with Crippen LogP contribution in [0.1, 0.15) is 10.6 Å². The minimum Gasteiger partial charge on any atom is -0.441 e. The van der Waals surface area contributed by atoms with E-state index >= 15 is 0 Å². The molecule has 2 heterocycles. The van der Waals surface area contributed by atoms with Crippen molar-refractivity contribution in [1.29, 1.82) is 0 Å². The second-order valence-electron chi connectivity index (χ2n) is 2.72. The molecule has 2 rings (SSSR count). The smallest absolute Gasteiger partial charge is 0.227 e. The maximum absolute atomic E-state index is 5.38. The molecule has 2 aromatic heterocycles.